The average Bonchev–Trinajstić information content (AvgIpc) is 2.46. The number of aryl methyl sites for hydroxylation is 1. The summed E-state index contributed by atoms with van der Waals surface area (Å²) in [6, 6.07) is 8.51. The molecule has 24 heavy (non-hydrogen) atoms. The minimum absolute atomic E-state index is 0. The van der Waals surface area contributed by atoms with Crippen LogP contribution in [0.1, 0.15) is 51.8 Å². The van der Waals surface area contributed by atoms with Crippen LogP contribution in [0.5, 0.6) is 0 Å². The summed E-state index contributed by atoms with van der Waals surface area (Å²) in [4.78, 5) is 4.56. The summed E-state index contributed by atoms with van der Waals surface area (Å²) in [5, 5.41) is 6.68. The zero-order valence-corrected chi connectivity index (χ0v) is 18.8. The van der Waals surface area contributed by atoms with Gasteiger partial charge in [0.05, 0.1) is 12.6 Å². The van der Waals surface area contributed by atoms with E-state index in [2.05, 4.69) is 47.7 Å². The molecule has 0 spiro atoms. The number of hydrogen-bond donors (Lipinski definition) is 2. The van der Waals surface area contributed by atoms with Crippen molar-refractivity contribution in [3.63, 3.8) is 0 Å². The first-order valence-electron chi connectivity index (χ1n) is 8.24. The topological polar surface area (TPSA) is 53.5 Å². The molecule has 4 nitrogen and oxygen atoms in total. The van der Waals surface area contributed by atoms with Crippen molar-refractivity contribution in [2.24, 2.45) is 4.99 Å². The molecule has 2 unspecified atom stereocenters. The van der Waals surface area contributed by atoms with Crippen LogP contribution in [0.25, 0.3) is 0 Å². The van der Waals surface area contributed by atoms with Crippen LogP contribution in [0.4, 0.5) is 0 Å². The van der Waals surface area contributed by atoms with E-state index < -0.39 is 10.8 Å². The van der Waals surface area contributed by atoms with Crippen molar-refractivity contribution in [3.05, 3.63) is 35.4 Å². The Hall–Kier alpha value is -0.630. The molecular formula is C18H32IN3OS. The van der Waals surface area contributed by atoms with Crippen LogP contribution in [0.2, 0.25) is 0 Å². The Bertz CT molecular complexity index is 555. The summed E-state index contributed by atoms with van der Waals surface area (Å²) < 4.78 is 11.9. The highest BCUT2D eigenvalue weighted by Gasteiger charge is 2.18. The fourth-order valence-electron chi connectivity index (χ4n) is 2.22. The van der Waals surface area contributed by atoms with E-state index in [4.69, 9.17) is 0 Å². The van der Waals surface area contributed by atoms with Crippen LogP contribution in [0, 0.1) is 6.92 Å². The van der Waals surface area contributed by atoms with Crippen LogP contribution in [-0.2, 0) is 10.8 Å². The number of hydrogen-bond acceptors (Lipinski definition) is 2. The van der Waals surface area contributed by atoms with Gasteiger partial charge in [-0.05, 0) is 52.7 Å². The van der Waals surface area contributed by atoms with Gasteiger partial charge in [0, 0.05) is 27.8 Å². The number of aliphatic imine (C=N–C) groups is 1. The van der Waals surface area contributed by atoms with Gasteiger partial charge in [0.25, 0.3) is 0 Å². The third-order valence-electron chi connectivity index (χ3n) is 3.58. The second-order valence-corrected chi connectivity index (χ2v) is 8.97. The van der Waals surface area contributed by atoms with E-state index in [1.165, 1.54) is 11.1 Å². The van der Waals surface area contributed by atoms with Crippen molar-refractivity contribution in [3.8, 4) is 0 Å². The second-order valence-electron chi connectivity index (χ2n) is 6.65. The van der Waals surface area contributed by atoms with Gasteiger partial charge in [-0.15, -0.1) is 24.0 Å². The number of halogens is 1. The molecule has 0 aromatic heterocycles. The molecule has 0 amide bonds. The van der Waals surface area contributed by atoms with E-state index in [-0.39, 0.29) is 34.8 Å². The molecule has 2 atom stereocenters. The molecule has 138 valence electrons. The Morgan fingerprint density at radius 2 is 1.92 bits per heavy atom. The number of nitrogens with zero attached hydrogens (tertiary/aromatic N) is 1. The van der Waals surface area contributed by atoms with E-state index in [1.54, 1.807) is 0 Å². The lowest BCUT2D eigenvalue weighted by atomic mass is 10.0. The van der Waals surface area contributed by atoms with Gasteiger partial charge in [0.2, 0.25) is 0 Å². The van der Waals surface area contributed by atoms with Gasteiger partial charge in [-0.3, -0.25) is 9.20 Å². The highest BCUT2D eigenvalue weighted by molar-refractivity contribution is 14.0. The first kappa shape index (κ1) is 23.4. The quantitative estimate of drug-likeness (QED) is 0.382. The molecule has 0 fully saturated rings. The lowest BCUT2D eigenvalue weighted by molar-refractivity contribution is 0.648. The third-order valence-corrected chi connectivity index (χ3v) is 5.50. The second kappa shape index (κ2) is 11.1. The number of nitrogens with one attached hydrogen (secondary N) is 2. The smallest absolute Gasteiger partial charge is 0.191 e. The molecule has 0 aliphatic carbocycles. The van der Waals surface area contributed by atoms with Crippen molar-refractivity contribution >= 4 is 40.7 Å². The number of benzene rings is 1. The van der Waals surface area contributed by atoms with E-state index in [0.717, 1.165) is 12.5 Å². The molecular weight excluding hydrogens is 433 g/mol. The molecule has 0 heterocycles. The first-order valence-corrected chi connectivity index (χ1v) is 9.56. The molecule has 0 bridgehead atoms. The van der Waals surface area contributed by atoms with Gasteiger partial charge in [-0.2, -0.15) is 0 Å². The van der Waals surface area contributed by atoms with E-state index in [9.17, 15) is 4.21 Å². The Morgan fingerprint density at radius 1 is 1.29 bits per heavy atom. The molecule has 1 aromatic carbocycles. The maximum atomic E-state index is 12.1. The SMILES string of the molecule is CCNC(=NCCS(=O)C(C)(C)C)NC(C)c1ccccc1C.I. The zero-order valence-electron chi connectivity index (χ0n) is 15.7. The molecule has 0 radical (unpaired) electrons. The van der Waals surface area contributed by atoms with Crippen molar-refractivity contribution in [2.75, 3.05) is 18.8 Å². The number of guanidine groups is 1. The maximum absolute atomic E-state index is 12.1. The molecule has 2 N–H and O–H groups in total. The summed E-state index contributed by atoms with van der Waals surface area (Å²) in [7, 11) is -0.873. The van der Waals surface area contributed by atoms with E-state index in [1.807, 2.05) is 33.8 Å². The number of rotatable bonds is 6. The molecule has 0 saturated carbocycles. The predicted molar refractivity (Wildman–Crippen MR) is 117 cm³/mol. The monoisotopic (exact) mass is 465 g/mol. The molecule has 0 aliphatic rings. The van der Waals surface area contributed by atoms with Crippen molar-refractivity contribution < 1.29 is 4.21 Å². The van der Waals surface area contributed by atoms with Gasteiger partial charge in [-0.25, -0.2) is 0 Å². The van der Waals surface area contributed by atoms with Crippen molar-refractivity contribution in [1.29, 1.82) is 0 Å². The Morgan fingerprint density at radius 3 is 2.46 bits per heavy atom. The van der Waals surface area contributed by atoms with E-state index in [0.29, 0.717) is 12.3 Å². The van der Waals surface area contributed by atoms with Gasteiger partial charge in [0.15, 0.2) is 5.96 Å². The standard InChI is InChI=1S/C18H31N3OS.HI/c1-7-19-17(20-12-13-23(22)18(4,5)6)21-15(3)16-11-9-8-10-14(16)2;/h8-11,15H,7,12-13H2,1-6H3,(H2,19,20,21);1H. The Kier molecular flexibility index (Phi) is 10.8. The van der Waals surface area contributed by atoms with Crippen LogP contribution in [0.15, 0.2) is 29.3 Å². The maximum Gasteiger partial charge on any atom is 0.191 e. The minimum Gasteiger partial charge on any atom is -0.357 e. The largest absolute Gasteiger partial charge is 0.357 e. The summed E-state index contributed by atoms with van der Waals surface area (Å²) in [5.41, 5.74) is 2.52. The van der Waals surface area contributed by atoms with Crippen LogP contribution in [-0.4, -0.2) is 33.8 Å². The van der Waals surface area contributed by atoms with Crippen molar-refractivity contribution in [1.82, 2.24) is 10.6 Å². The molecule has 6 heteroatoms. The summed E-state index contributed by atoms with van der Waals surface area (Å²) >= 11 is 0. The van der Waals surface area contributed by atoms with E-state index >= 15 is 0 Å². The summed E-state index contributed by atoms with van der Waals surface area (Å²) in [6.45, 7) is 13.6. The highest BCUT2D eigenvalue weighted by atomic mass is 127. The van der Waals surface area contributed by atoms with Gasteiger partial charge < -0.3 is 10.6 Å². The lowest BCUT2D eigenvalue weighted by Crippen LogP contribution is -2.39. The zero-order chi connectivity index (χ0) is 17.5. The fraction of sp³-hybridized carbons (Fsp3) is 0.611. The average molecular weight is 465 g/mol. The van der Waals surface area contributed by atoms with Crippen LogP contribution in [0.3, 0.4) is 0 Å². The minimum atomic E-state index is -0.873. The van der Waals surface area contributed by atoms with Gasteiger partial charge in [0.1, 0.15) is 0 Å². The molecule has 1 aromatic rings. The van der Waals surface area contributed by atoms with Gasteiger partial charge >= 0.3 is 0 Å². The Labute approximate surface area is 166 Å². The normalized spacial score (nSPS) is 14.5. The molecule has 1 rings (SSSR count). The van der Waals surface area contributed by atoms with Crippen LogP contribution >= 0.6 is 24.0 Å². The van der Waals surface area contributed by atoms with Crippen molar-refractivity contribution in [2.45, 2.75) is 52.3 Å². The fourth-order valence-corrected chi connectivity index (χ4v) is 3.09. The van der Waals surface area contributed by atoms with Crippen LogP contribution < -0.4 is 10.6 Å². The predicted octanol–water partition coefficient (Wildman–Crippen LogP) is 3.78. The molecule has 0 saturated heterocycles. The first-order chi connectivity index (χ1) is 10.8. The summed E-state index contributed by atoms with van der Waals surface area (Å²) in [6.07, 6.45) is 0. The van der Waals surface area contributed by atoms with Gasteiger partial charge in [-0.1, -0.05) is 24.3 Å². The summed E-state index contributed by atoms with van der Waals surface area (Å²) in [5.74, 6) is 1.35. The lowest BCUT2D eigenvalue weighted by Gasteiger charge is -2.20. The Balaban J connectivity index is 0.00000529. The highest BCUT2D eigenvalue weighted by Crippen LogP contribution is 2.16. The third kappa shape index (κ3) is 7.96. The molecule has 0 aliphatic heterocycles.